The lowest BCUT2D eigenvalue weighted by molar-refractivity contribution is 0.0857. The standard InChI is InChI=1S/C27H30N4O2S/c1-18-9-10-19(2)22(15-18)29-27(32-3)31-13-11-21(12-14-31)26-28-24(17-34-26)23-16-25(33-30-23)20-7-5-4-6-8-20/h4-10,15,17,21,25H,11-14,16H2,1-3H3/b29-27-. The fourth-order valence-corrected chi connectivity index (χ4v) is 5.49. The summed E-state index contributed by atoms with van der Waals surface area (Å²) in [5.74, 6) is 0.446. The predicted octanol–water partition coefficient (Wildman–Crippen LogP) is 6.14. The van der Waals surface area contributed by atoms with E-state index in [9.17, 15) is 0 Å². The number of aromatic nitrogens is 1. The van der Waals surface area contributed by atoms with E-state index in [0.717, 1.165) is 60.6 Å². The number of oxime groups is 1. The van der Waals surface area contributed by atoms with Gasteiger partial charge >= 0.3 is 0 Å². The maximum absolute atomic E-state index is 5.70. The quantitative estimate of drug-likeness (QED) is 0.337. The van der Waals surface area contributed by atoms with E-state index in [1.165, 1.54) is 10.6 Å². The van der Waals surface area contributed by atoms with Crippen LogP contribution in [-0.2, 0) is 9.57 Å². The number of rotatable bonds is 4. The minimum atomic E-state index is -0.0200. The fourth-order valence-electron chi connectivity index (χ4n) is 4.49. The van der Waals surface area contributed by atoms with Gasteiger partial charge in [0, 0.05) is 30.8 Å². The van der Waals surface area contributed by atoms with Crippen LogP contribution in [0.4, 0.5) is 5.69 Å². The Morgan fingerprint density at radius 2 is 1.91 bits per heavy atom. The summed E-state index contributed by atoms with van der Waals surface area (Å²) in [5, 5.41) is 7.65. The molecular weight excluding hydrogens is 444 g/mol. The number of hydrogen-bond acceptors (Lipinski definition) is 6. The van der Waals surface area contributed by atoms with Crippen molar-refractivity contribution in [3.8, 4) is 0 Å². The summed E-state index contributed by atoms with van der Waals surface area (Å²) in [5.41, 5.74) is 6.37. The van der Waals surface area contributed by atoms with Gasteiger partial charge in [-0.15, -0.1) is 11.3 Å². The van der Waals surface area contributed by atoms with Crippen molar-refractivity contribution in [1.82, 2.24) is 9.88 Å². The van der Waals surface area contributed by atoms with Crippen LogP contribution in [-0.4, -0.2) is 41.8 Å². The molecule has 34 heavy (non-hydrogen) atoms. The summed E-state index contributed by atoms with van der Waals surface area (Å²) in [6.45, 7) is 5.97. The average Bonchev–Trinajstić information content (AvgIpc) is 3.55. The molecule has 2 aliphatic rings. The lowest BCUT2D eigenvalue weighted by Crippen LogP contribution is -2.38. The third kappa shape index (κ3) is 4.85. The summed E-state index contributed by atoms with van der Waals surface area (Å²) < 4.78 is 5.68. The lowest BCUT2D eigenvalue weighted by Gasteiger charge is -2.32. The molecule has 0 aliphatic carbocycles. The van der Waals surface area contributed by atoms with Crippen LogP contribution in [0.5, 0.6) is 0 Å². The number of thiazole rings is 1. The van der Waals surface area contributed by atoms with Crippen molar-refractivity contribution in [2.75, 3.05) is 20.2 Å². The number of amidine groups is 1. The highest BCUT2D eigenvalue weighted by Gasteiger charge is 2.28. The van der Waals surface area contributed by atoms with Crippen molar-refractivity contribution in [2.24, 2.45) is 10.1 Å². The van der Waals surface area contributed by atoms with Gasteiger partial charge in [-0.3, -0.25) is 0 Å². The second-order valence-corrected chi connectivity index (χ2v) is 9.86. The maximum Gasteiger partial charge on any atom is 0.292 e. The highest BCUT2D eigenvalue weighted by molar-refractivity contribution is 7.10. The molecule has 0 spiro atoms. The SMILES string of the molecule is CO/C(=N\c1cc(C)ccc1C)N1CCC(c2nc(C3=NOC(c4ccccc4)C3)cs2)CC1. The molecule has 6 nitrogen and oxygen atoms in total. The molecule has 0 amide bonds. The van der Waals surface area contributed by atoms with Crippen LogP contribution in [0.1, 0.15) is 58.7 Å². The second kappa shape index (κ2) is 9.97. The molecule has 2 aliphatic heterocycles. The number of methoxy groups -OCH3 is 1. The molecule has 176 valence electrons. The van der Waals surface area contributed by atoms with Gasteiger partial charge in [0.15, 0.2) is 6.10 Å². The van der Waals surface area contributed by atoms with Crippen LogP contribution >= 0.6 is 11.3 Å². The van der Waals surface area contributed by atoms with Gasteiger partial charge in [0.1, 0.15) is 5.71 Å². The Kier molecular flexibility index (Phi) is 6.63. The smallest absolute Gasteiger partial charge is 0.292 e. The van der Waals surface area contributed by atoms with E-state index in [2.05, 4.69) is 59.6 Å². The van der Waals surface area contributed by atoms with Crippen molar-refractivity contribution < 1.29 is 9.57 Å². The molecule has 7 heteroatoms. The van der Waals surface area contributed by atoms with Crippen molar-refractivity contribution in [3.05, 3.63) is 81.3 Å². The van der Waals surface area contributed by atoms with E-state index in [1.54, 1.807) is 18.4 Å². The fraction of sp³-hybridized carbons (Fsp3) is 0.370. The average molecular weight is 475 g/mol. The summed E-state index contributed by atoms with van der Waals surface area (Å²) in [7, 11) is 1.70. The van der Waals surface area contributed by atoms with Crippen molar-refractivity contribution >= 4 is 28.8 Å². The lowest BCUT2D eigenvalue weighted by atomic mass is 9.97. The first-order valence-electron chi connectivity index (χ1n) is 11.8. The summed E-state index contributed by atoms with van der Waals surface area (Å²) >= 11 is 1.73. The molecule has 1 fully saturated rings. The van der Waals surface area contributed by atoms with Crippen LogP contribution in [0, 0.1) is 13.8 Å². The van der Waals surface area contributed by atoms with Crippen molar-refractivity contribution in [2.45, 2.75) is 45.1 Å². The molecule has 0 bridgehead atoms. The minimum absolute atomic E-state index is 0.0200. The third-order valence-corrected chi connectivity index (χ3v) is 7.54. The van der Waals surface area contributed by atoms with Crippen LogP contribution in [0.2, 0.25) is 0 Å². The Hall–Kier alpha value is -3.19. The second-order valence-electron chi connectivity index (χ2n) is 8.97. The normalized spacial score (nSPS) is 19.1. The van der Waals surface area contributed by atoms with Gasteiger partial charge < -0.3 is 14.5 Å². The molecule has 5 rings (SSSR count). The first-order valence-corrected chi connectivity index (χ1v) is 12.7. The van der Waals surface area contributed by atoms with Gasteiger partial charge in [-0.05, 0) is 49.4 Å². The van der Waals surface area contributed by atoms with E-state index in [0.29, 0.717) is 11.9 Å². The predicted molar refractivity (Wildman–Crippen MR) is 137 cm³/mol. The Bertz CT molecular complexity index is 1200. The molecule has 0 radical (unpaired) electrons. The van der Waals surface area contributed by atoms with Crippen LogP contribution in [0.15, 0.2) is 64.1 Å². The molecule has 2 aromatic carbocycles. The van der Waals surface area contributed by atoms with E-state index < -0.39 is 0 Å². The first kappa shape index (κ1) is 22.6. The van der Waals surface area contributed by atoms with Gasteiger partial charge in [-0.25, -0.2) is 4.98 Å². The number of aliphatic imine (C=N–C) groups is 1. The van der Waals surface area contributed by atoms with Crippen molar-refractivity contribution in [3.63, 3.8) is 0 Å². The Morgan fingerprint density at radius 1 is 1.12 bits per heavy atom. The highest BCUT2D eigenvalue weighted by Crippen LogP contribution is 2.34. The zero-order valence-electron chi connectivity index (χ0n) is 19.9. The van der Waals surface area contributed by atoms with E-state index in [1.807, 2.05) is 18.2 Å². The van der Waals surface area contributed by atoms with Crippen LogP contribution in [0.3, 0.4) is 0 Å². The summed E-state index contributed by atoms with van der Waals surface area (Å²) in [4.78, 5) is 17.7. The van der Waals surface area contributed by atoms with Gasteiger partial charge in [-0.1, -0.05) is 47.6 Å². The first-order chi connectivity index (χ1) is 16.6. The molecule has 3 aromatic rings. The van der Waals surface area contributed by atoms with Gasteiger partial charge in [0.05, 0.1) is 23.5 Å². The molecule has 0 N–H and O–H groups in total. The van der Waals surface area contributed by atoms with Gasteiger partial charge in [0.2, 0.25) is 0 Å². The number of ether oxygens (including phenoxy) is 1. The molecule has 1 unspecified atom stereocenters. The minimum Gasteiger partial charge on any atom is -0.468 e. The van der Waals surface area contributed by atoms with E-state index in [-0.39, 0.29) is 6.10 Å². The zero-order valence-corrected chi connectivity index (χ0v) is 20.7. The highest BCUT2D eigenvalue weighted by atomic mass is 32.1. The molecular formula is C27H30N4O2S. The van der Waals surface area contributed by atoms with Gasteiger partial charge in [0.25, 0.3) is 6.02 Å². The Labute approximate surface area is 205 Å². The summed E-state index contributed by atoms with van der Waals surface area (Å²) in [6, 6.07) is 17.3. The topological polar surface area (TPSA) is 59.3 Å². The van der Waals surface area contributed by atoms with Gasteiger partial charge in [-0.2, -0.15) is 4.99 Å². The number of aryl methyl sites for hydroxylation is 2. The number of nitrogens with zero attached hydrogens (tertiary/aromatic N) is 4. The molecule has 1 atom stereocenters. The maximum atomic E-state index is 5.70. The molecule has 1 aromatic heterocycles. The monoisotopic (exact) mass is 474 g/mol. The molecule has 1 saturated heterocycles. The zero-order chi connectivity index (χ0) is 23.5. The van der Waals surface area contributed by atoms with Crippen molar-refractivity contribution in [1.29, 1.82) is 0 Å². The number of piperidine rings is 1. The summed E-state index contributed by atoms with van der Waals surface area (Å²) in [6.07, 6.45) is 2.79. The van der Waals surface area contributed by atoms with E-state index in [4.69, 9.17) is 19.6 Å². The largest absolute Gasteiger partial charge is 0.468 e. The number of hydrogen-bond donors (Lipinski definition) is 0. The molecule has 3 heterocycles. The van der Waals surface area contributed by atoms with E-state index >= 15 is 0 Å². The Balaban J connectivity index is 1.21. The van der Waals surface area contributed by atoms with Crippen LogP contribution in [0.25, 0.3) is 0 Å². The Morgan fingerprint density at radius 3 is 2.68 bits per heavy atom. The third-order valence-electron chi connectivity index (χ3n) is 6.54. The van der Waals surface area contributed by atoms with Crippen LogP contribution < -0.4 is 0 Å². The number of likely N-dealkylation sites (tertiary alicyclic amines) is 1. The molecule has 0 saturated carbocycles. The number of benzene rings is 2.